The van der Waals surface area contributed by atoms with Gasteiger partial charge in [0.15, 0.2) is 5.43 Å². The molecule has 3 nitrogen and oxygen atoms in total. The summed E-state index contributed by atoms with van der Waals surface area (Å²) in [5.74, 6) is 1.15. The van der Waals surface area contributed by atoms with Crippen molar-refractivity contribution in [3.63, 3.8) is 0 Å². The van der Waals surface area contributed by atoms with E-state index in [9.17, 15) is 4.79 Å². The molecule has 0 saturated heterocycles. The van der Waals surface area contributed by atoms with Crippen LogP contribution in [0.2, 0.25) is 0 Å². The lowest BCUT2D eigenvalue weighted by molar-refractivity contribution is 0.318. The quantitative estimate of drug-likeness (QED) is 0.671. The summed E-state index contributed by atoms with van der Waals surface area (Å²) in [4.78, 5) is 14.9. The number of nitrogens with one attached hydrogen (secondary N) is 1. The number of H-pyrrole nitrogens is 1. The van der Waals surface area contributed by atoms with Gasteiger partial charge in [0.2, 0.25) is 0 Å². The minimum atomic E-state index is -0.0247. The maximum Gasteiger partial charge on any atom is 0.191 e. The molecule has 1 aliphatic carbocycles. The number of aromatic nitrogens is 1. The smallest absolute Gasteiger partial charge is 0.191 e. The molecule has 1 aliphatic heterocycles. The minimum Gasteiger partial charge on any atom is -0.493 e. The van der Waals surface area contributed by atoms with Gasteiger partial charge in [0.1, 0.15) is 5.75 Å². The number of pyridine rings is 1. The molecular weight excluding hydrogens is 238 g/mol. The van der Waals surface area contributed by atoms with Crippen LogP contribution in [-0.4, -0.2) is 17.5 Å². The van der Waals surface area contributed by atoms with Crippen LogP contribution in [0.1, 0.15) is 12.0 Å². The first kappa shape index (κ1) is 12.0. The van der Waals surface area contributed by atoms with Crippen molar-refractivity contribution in [1.29, 1.82) is 0 Å². The first-order chi connectivity index (χ1) is 8.20. The van der Waals surface area contributed by atoms with Crippen molar-refractivity contribution in [3.05, 3.63) is 40.2 Å². The van der Waals surface area contributed by atoms with E-state index in [1.54, 1.807) is 0 Å². The number of benzene rings is 1. The van der Waals surface area contributed by atoms with Crippen LogP contribution in [0, 0.1) is 6.92 Å². The highest BCUT2D eigenvalue weighted by atomic mass is 35.5. The molecule has 0 fully saturated rings. The molecule has 0 amide bonds. The predicted octanol–water partition coefficient (Wildman–Crippen LogP) is 2.80. The molecule has 17 heavy (non-hydrogen) atoms. The van der Waals surface area contributed by atoms with Crippen LogP contribution in [0.4, 0.5) is 0 Å². The summed E-state index contributed by atoms with van der Waals surface area (Å²) >= 11 is 5.56. The van der Waals surface area contributed by atoms with Crippen LogP contribution in [-0.2, 0) is 0 Å². The molecule has 0 aromatic carbocycles. The van der Waals surface area contributed by atoms with Crippen molar-refractivity contribution < 1.29 is 4.74 Å². The average molecular weight is 252 g/mol. The van der Waals surface area contributed by atoms with E-state index in [-0.39, 0.29) is 5.43 Å². The van der Waals surface area contributed by atoms with Crippen molar-refractivity contribution in [2.45, 2.75) is 13.3 Å². The molecule has 0 aromatic heterocycles. The van der Waals surface area contributed by atoms with E-state index < -0.39 is 0 Å². The van der Waals surface area contributed by atoms with Crippen molar-refractivity contribution in [2.75, 3.05) is 12.5 Å². The van der Waals surface area contributed by atoms with Gasteiger partial charge in [-0.25, -0.2) is 0 Å². The molecule has 2 aliphatic rings. The van der Waals surface area contributed by atoms with Gasteiger partial charge in [-0.1, -0.05) is 0 Å². The SMILES string of the molecule is Cc1c[nH]c2cc(OCCCCl)cc(=O)c-2c1. The molecule has 0 atom stereocenters. The van der Waals surface area contributed by atoms with Gasteiger partial charge in [-0.3, -0.25) is 4.79 Å². The molecule has 2 rings (SSSR count). The molecule has 0 spiro atoms. The topological polar surface area (TPSA) is 42.1 Å². The van der Waals surface area contributed by atoms with Crippen molar-refractivity contribution in [3.8, 4) is 17.0 Å². The van der Waals surface area contributed by atoms with E-state index in [4.69, 9.17) is 16.3 Å². The Morgan fingerprint density at radius 1 is 1.35 bits per heavy atom. The summed E-state index contributed by atoms with van der Waals surface area (Å²) < 4.78 is 5.46. The van der Waals surface area contributed by atoms with E-state index in [2.05, 4.69) is 4.98 Å². The van der Waals surface area contributed by atoms with Gasteiger partial charge in [-0.2, -0.15) is 0 Å². The zero-order valence-corrected chi connectivity index (χ0v) is 10.4. The Morgan fingerprint density at radius 3 is 2.94 bits per heavy atom. The molecule has 90 valence electrons. The largest absolute Gasteiger partial charge is 0.493 e. The predicted molar refractivity (Wildman–Crippen MR) is 69.3 cm³/mol. The molecular formula is C13H14ClNO2. The Balaban J connectivity index is 2.33. The molecule has 0 radical (unpaired) electrons. The summed E-state index contributed by atoms with van der Waals surface area (Å²) in [5, 5.41) is 0. The first-order valence-corrected chi connectivity index (χ1v) is 6.06. The van der Waals surface area contributed by atoms with E-state index in [0.717, 1.165) is 17.7 Å². The highest BCUT2D eigenvalue weighted by Gasteiger charge is 2.09. The van der Waals surface area contributed by atoms with Gasteiger partial charge in [-0.05, 0) is 25.0 Å². The summed E-state index contributed by atoms with van der Waals surface area (Å²) in [6.07, 6.45) is 2.63. The van der Waals surface area contributed by atoms with Crippen molar-refractivity contribution in [2.24, 2.45) is 0 Å². The van der Waals surface area contributed by atoms with Crippen LogP contribution in [0.25, 0.3) is 11.3 Å². The number of halogens is 1. The van der Waals surface area contributed by atoms with E-state index >= 15 is 0 Å². The van der Waals surface area contributed by atoms with Gasteiger partial charge in [-0.15, -0.1) is 11.6 Å². The van der Waals surface area contributed by atoms with Gasteiger partial charge in [0.05, 0.1) is 12.3 Å². The third kappa shape index (κ3) is 2.80. The molecule has 0 aromatic rings. The number of hydrogen-bond donors (Lipinski definition) is 1. The van der Waals surface area contributed by atoms with Gasteiger partial charge < -0.3 is 9.72 Å². The highest BCUT2D eigenvalue weighted by molar-refractivity contribution is 6.17. The first-order valence-electron chi connectivity index (χ1n) is 5.52. The Hall–Kier alpha value is -1.48. The zero-order chi connectivity index (χ0) is 12.3. The second-order valence-corrected chi connectivity index (χ2v) is 4.33. The lowest BCUT2D eigenvalue weighted by atomic mass is 10.1. The summed E-state index contributed by atoms with van der Waals surface area (Å²) in [6.45, 7) is 2.47. The Labute approximate surface area is 105 Å². The second-order valence-electron chi connectivity index (χ2n) is 3.95. The van der Waals surface area contributed by atoms with Crippen molar-refractivity contribution >= 4 is 11.6 Å². The molecule has 0 bridgehead atoms. The highest BCUT2D eigenvalue weighted by Crippen LogP contribution is 2.21. The summed E-state index contributed by atoms with van der Waals surface area (Å²) in [6, 6.07) is 5.23. The normalized spacial score (nSPS) is 10.7. The van der Waals surface area contributed by atoms with Crippen LogP contribution < -0.4 is 10.2 Å². The number of ether oxygens (including phenoxy) is 1. The average Bonchev–Trinajstić information content (AvgIpc) is 2.31. The number of fused-ring (bicyclic) bond motifs is 1. The summed E-state index contributed by atoms with van der Waals surface area (Å²) in [5.41, 5.74) is 2.49. The van der Waals surface area contributed by atoms with E-state index in [1.807, 2.05) is 25.3 Å². The third-order valence-electron chi connectivity index (χ3n) is 2.49. The number of aromatic amines is 1. The number of hydrogen-bond acceptors (Lipinski definition) is 2. The second kappa shape index (κ2) is 5.23. The lowest BCUT2D eigenvalue weighted by Gasteiger charge is -2.09. The Bertz CT molecular complexity index is 536. The molecule has 1 N–H and O–H groups in total. The fraction of sp³-hybridized carbons (Fsp3) is 0.308. The number of aryl methyl sites for hydroxylation is 1. The Morgan fingerprint density at radius 2 is 2.18 bits per heavy atom. The van der Waals surface area contributed by atoms with Crippen LogP contribution in [0.15, 0.2) is 29.2 Å². The molecule has 0 saturated carbocycles. The van der Waals surface area contributed by atoms with Gasteiger partial charge >= 0.3 is 0 Å². The fourth-order valence-corrected chi connectivity index (χ4v) is 1.77. The maximum atomic E-state index is 11.9. The number of alkyl halides is 1. The minimum absolute atomic E-state index is 0.0247. The zero-order valence-electron chi connectivity index (χ0n) is 9.63. The number of rotatable bonds is 4. The van der Waals surface area contributed by atoms with E-state index in [1.165, 1.54) is 6.07 Å². The monoisotopic (exact) mass is 251 g/mol. The van der Waals surface area contributed by atoms with Crippen LogP contribution >= 0.6 is 11.6 Å². The standard InChI is InChI=1S/C13H14ClNO2/c1-9-5-11-12(15-8-9)6-10(7-13(11)16)17-4-2-3-14/h5-8,15H,2-4H2,1H3. The molecule has 4 heteroatoms. The molecule has 0 unspecified atom stereocenters. The van der Waals surface area contributed by atoms with Gasteiger partial charge in [0.25, 0.3) is 0 Å². The fourth-order valence-electron chi connectivity index (χ4n) is 1.66. The lowest BCUT2D eigenvalue weighted by Crippen LogP contribution is -2.08. The third-order valence-corrected chi connectivity index (χ3v) is 2.76. The van der Waals surface area contributed by atoms with Crippen molar-refractivity contribution in [1.82, 2.24) is 4.98 Å². The van der Waals surface area contributed by atoms with Crippen LogP contribution in [0.5, 0.6) is 5.75 Å². The Kier molecular flexibility index (Phi) is 3.69. The maximum absolute atomic E-state index is 11.9. The summed E-state index contributed by atoms with van der Waals surface area (Å²) in [7, 11) is 0. The van der Waals surface area contributed by atoms with E-state index in [0.29, 0.717) is 23.8 Å². The van der Waals surface area contributed by atoms with Crippen LogP contribution in [0.3, 0.4) is 0 Å². The van der Waals surface area contributed by atoms with Gasteiger partial charge in [0, 0.05) is 29.8 Å². The molecule has 1 heterocycles.